The number of carbonyl (C=O) groups excluding carboxylic acids is 1. The molecule has 0 radical (unpaired) electrons. The third kappa shape index (κ3) is 5.53. The molecule has 1 N–H and O–H groups in total. The van der Waals surface area contributed by atoms with Crippen molar-refractivity contribution in [3.8, 4) is 5.75 Å². The molecule has 0 spiro atoms. The van der Waals surface area contributed by atoms with Gasteiger partial charge < -0.3 is 10.1 Å². The van der Waals surface area contributed by atoms with E-state index in [0.717, 1.165) is 15.9 Å². The molecule has 3 aromatic rings. The number of nitrogens with one attached hydrogen (secondary N) is 1. The van der Waals surface area contributed by atoms with Crippen molar-refractivity contribution in [2.45, 2.75) is 11.8 Å². The van der Waals surface area contributed by atoms with E-state index in [1.165, 1.54) is 30.3 Å². The summed E-state index contributed by atoms with van der Waals surface area (Å²) in [7, 11) is -4.20. The van der Waals surface area contributed by atoms with E-state index in [-0.39, 0.29) is 10.6 Å². The normalized spacial score (nSPS) is 10.9. The number of hydrogen-bond donors (Lipinski definition) is 1. The summed E-state index contributed by atoms with van der Waals surface area (Å²) in [6.45, 7) is 5.09. The molecule has 8 heteroatoms. The zero-order chi connectivity index (χ0) is 23.1. The standard InChI is InChI=1S/C24H23FN2O4S/c1-3-15-31-20-8-6-7-19(16-20)26-24(28)17-27(23-10-5-4-9-22(23)25)32(29,30)21-13-11-18(2)12-14-21/h3-14,16H,1,15,17H2,2H3,(H,26,28). The van der Waals surface area contributed by atoms with E-state index in [1.54, 1.807) is 42.5 Å². The number of sulfonamides is 1. The molecule has 166 valence electrons. The molecular formula is C24H23FN2O4S. The molecule has 0 aliphatic carbocycles. The number of nitrogens with zero attached hydrogens (tertiary/aromatic N) is 1. The number of ether oxygens (including phenoxy) is 1. The van der Waals surface area contributed by atoms with Gasteiger partial charge in [0.15, 0.2) is 0 Å². The van der Waals surface area contributed by atoms with E-state index in [4.69, 9.17) is 4.74 Å². The quantitative estimate of drug-likeness (QED) is 0.482. The number of rotatable bonds is 9. The molecule has 3 aromatic carbocycles. The van der Waals surface area contributed by atoms with Gasteiger partial charge in [0.25, 0.3) is 10.0 Å². The van der Waals surface area contributed by atoms with Gasteiger partial charge in [-0.1, -0.05) is 48.6 Å². The van der Waals surface area contributed by atoms with Crippen molar-refractivity contribution in [3.63, 3.8) is 0 Å². The number of carbonyl (C=O) groups is 1. The number of hydrogen-bond acceptors (Lipinski definition) is 4. The Morgan fingerprint density at radius 1 is 1.09 bits per heavy atom. The van der Waals surface area contributed by atoms with E-state index in [9.17, 15) is 17.6 Å². The van der Waals surface area contributed by atoms with E-state index < -0.39 is 28.3 Å². The Kier molecular flexibility index (Phi) is 7.27. The molecule has 0 aliphatic heterocycles. The molecule has 0 heterocycles. The van der Waals surface area contributed by atoms with Gasteiger partial charge in [-0.2, -0.15) is 0 Å². The van der Waals surface area contributed by atoms with E-state index in [0.29, 0.717) is 18.0 Å². The fourth-order valence-electron chi connectivity index (χ4n) is 2.94. The maximum Gasteiger partial charge on any atom is 0.264 e. The molecule has 0 unspecified atom stereocenters. The van der Waals surface area contributed by atoms with Crippen LogP contribution in [0.15, 0.2) is 90.3 Å². The third-order valence-electron chi connectivity index (χ3n) is 4.50. The van der Waals surface area contributed by atoms with Crippen molar-refractivity contribution in [2.75, 3.05) is 22.8 Å². The predicted octanol–water partition coefficient (Wildman–Crippen LogP) is 4.53. The topological polar surface area (TPSA) is 75.7 Å². The first kappa shape index (κ1) is 23.0. The Balaban J connectivity index is 1.90. The van der Waals surface area contributed by atoms with Crippen LogP contribution in [0.1, 0.15) is 5.56 Å². The van der Waals surface area contributed by atoms with Crippen molar-refractivity contribution in [1.82, 2.24) is 0 Å². The highest BCUT2D eigenvalue weighted by atomic mass is 32.2. The van der Waals surface area contributed by atoms with Crippen molar-refractivity contribution >= 4 is 27.3 Å². The molecule has 32 heavy (non-hydrogen) atoms. The summed E-state index contributed by atoms with van der Waals surface area (Å²) in [5, 5.41) is 2.64. The minimum absolute atomic E-state index is 0.0426. The third-order valence-corrected chi connectivity index (χ3v) is 6.28. The van der Waals surface area contributed by atoms with Gasteiger partial charge in [0.1, 0.15) is 24.7 Å². The lowest BCUT2D eigenvalue weighted by Crippen LogP contribution is -2.38. The highest BCUT2D eigenvalue weighted by Crippen LogP contribution is 2.26. The molecule has 3 rings (SSSR count). The Morgan fingerprint density at radius 2 is 1.81 bits per heavy atom. The van der Waals surface area contributed by atoms with Gasteiger partial charge in [-0.15, -0.1) is 0 Å². The highest BCUT2D eigenvalue weighted by Gasteiger charge is 2.29. The van der Waals surface area contributed by atoms with E-state index in [1.807, 2.05) is 6.92 Å². The molecule has 0 aromatic heterocycles. The highest BCUT2D eigenvalue weighted by molar-refractivity contribution is 7.92. The lowest BCUT2D eigenvalue weighted by atomic mass is 10.2. The second-order valence-electron chi connectivity index (χ2n) is 6.95. The van der Waals surface area contributed by atoms with Crippen LogP contribution in [-0.4, -0.2) is 27.5 Å². The number of amides is 1. The predicted molar refractivity (Wildman–Crippen MR) is 123 cm³/mol. The van der Waals surface area contributed by atoms with Crippen molar-refractivity contribution in [2.24, 2.45) is 0 Å². The van der Waals surface area contributed by atoms with Crippen LogP contribution in [0.5, 0.6) is 5.75 Å². The SMILES string of the molecule is C=CCOc1cccc(NC(=O)CN(c2ccccc2F)S(=O)(=O)c2ccc(C)cc2)c1. The Hall–Kier alpha value is -3.65. The zero-order valence-corrected chi connectivity index (χ0v) is 18.3. The van der Waals surface area contributed by atoms with Crippen molar-refractivity contribution in [1.29, 1.82) is 0 Å². The van der Waals surface area contributed by atoms with Gasteiger partial charge in [-0.3, -0.25) is 9.10 Å². The molecular weight excluding hydrogens is 431 g/mol. The van der Waals surface area contributed by atoms with E-state index in [2.05, 4.69) is 11.9 Å². The van der Waals surface area contributed by atoms with Gasteiger partial charge in [-0.25, -0.2) is 12.8 Å². The van der Waals surface area contributed by atoms with E-state index >= 15 is 0 Å². The fourth-order valence-corrected chi connectivity index (χ4v) is 4.37. The monoisotopic (exact) mass is 454 g/mol. The van der Waals surface area contributed by atoms with Gasteiger partial charge in [0, 0.05) is 11.8 Å². The minimum atomic E-state index is -4.20. The summed E-state index contributed by atoms with van der Waals surface area (Å²) in [6, 6.07) is 18.2. The van der Waals surface area contributed by atoms with Crippen molar-refractivity contribution < 1.29 is 22.3 Å². The largest absolute Gasteiger partial charge is 0.489 e. The summed E-state index contributed by atoms with van der Waals surface area (Å²) < 4.78 is 47.4. The molecule has 1 amide bonds. The van der Waals surface area contributed by atoms with Crippen LogP contribution in [0.4, 0.5) is 15.8 Å². The van der Waals surface area contributed by atoms with Crippen LogP contribution in [0.2, 0.25) is 0 Å². The summed E-state index contributed by atoms with van der Waals surface area (Å²) in [5.41, 5.74) is 1.07. The van der Waals surface area contributed by atoms with Gasteiger partial charge in [0.05, 0.1) is 10.6 Å². The second-order valence-corrected chi connectivity index (χ2v) is 8.81. The van der Waals surface area contributed by atoms with Crippen LogP contribution in [0.25, 0.3) is 0 Å². The maximum absolute atomic E-state index is 14.5. The summed E-state index contributed by atoms with van der Waals surface area (Å²) in [4.78, 5) is 12.7. The smallest absolute Gasteiger partial charge is 0.264 e. The molecule has 0 saturated carbocycles. The first-order valence-electron chi connectivity index (χ1n) is 9.79. The van der Waals surface area contributed by atoms with Crippen molar-refractivity contribution in [3.05, 3.63) is 96.8 Å². The summed E-state index contributed by atoms with van der Waals surface area (Å²) in [6.07, 6.45) is 1.59. The van der Waals surface area contributed by atoms with Crippen LogP contribution in [0, 0.1) is 12.7 Å². The Labute approximate surface area is 187 Å². The van der Waals surface area contributed by atoms with Gasteiger partial charge >= 0.3 is 0 Å². The van der Waals surface area contributed by atoms with Crippen LogP contribution < -0.4 is 14.4 Å². The molecule has 6 nitrogen and oxygen atoms in total. The average Bonchev–Trinajstić information content (AvgIpc) is 2.77. The number of para-hydroxylation sites is 1. The number of aryl methyl sites for hydroxylation is 1. The molecule has 0 atom stereocenters. The van der Waals surface area contributed by atoms with Crippen LogP contribution in [0.3, 0.4) is 0 Å². The lowest BCUT2D eigenvalue weighted by molar-refractivity contribution is -0.114. The average molecular weight is 455 g/mol. The lowest BCUT2D eigenvalue weighted by Gasteiger charge is -2.24. The van der Waals surface area contributed by atoms with Gasteiger partial charge in [0.2, 0.25) is 5.91 Å². The zero-order valence-electron chi connectivity index (χ0n) is 17.5. The number of anilines is 2. The van der Waals surface area contributed by atoms with Crippen LogP contribution >= 0.6 is 0 Å². The number of halogens is 1. The first-order valence-corrected chi connectivity index (χ1v) is 11.2. The maximum atomic E-state index is 14.5. The van der Waals surface area contributed by atoms with Gasteiger partial charge in [-0.05, 0) is 43.3 Å². The Morgan fingerprint density at radius 3 is 2.50 bits per heavy atom. The summed E-state index contributed by atoms with van der Waals surface area (Å²) in [5.74, 6) is -0.874. The van der Waals surface area contributed by atoms with Crippen LogP contribution in [-0.2, 0) is 14.8 Å². The molecule has 0 fully saturated rings. The Bertz CT molecular complexity index is 1210. The summed E-state index contributed by atoms with van der Waals surface area (Å²) >= 11 is 0. The minimum Gasteiger partial charge on any atom is -0.489 e. The second kappa shape index (κ2) is 10.1. The fraction of sp³-hybridized carbons (Fsp3) is 0.125. The number of benzene rings is 3. The molecule has 0 bridgehead atoms. The molecule has 0 aliphatic rings. The first-order chi connectivity index (χ1) is 15.3. The molecule has 0 saturated heterocycles.